The molecule has 7 unspecified atom stereocenters. The summed E-state index contributed by atoms with van der Waals surface area (Å²) in [6.07, 6.45) is 11.0. The van der Waals surface area contributed by atoms with Crippen molar-refractivity contribution in [2.75, 3.05) is 0 Å². The average Bonchev–Trinajstić information content (AvgIpc) is 2.91. The summed E-state index contributed by atoms with van der Waals surface area (Å²) in [4.78, 5) is 12.0. The molecule has 3 saturated carbocycles. The van der Waals surface area contributed by atoms with Crippen LogP contribution in [0.3, 0.4) is 0 Å². The Balaban J connectivity index is 1.75. The molecule has 2 nitrogen and oxygen atoms in total. The van der Waals surface area contributed by atoms with Crippen molar-refractivity contribution in [2.24, 2.45) is 40.4 Å². The lowest BCUT2D eigenvalue weighted by atomic mass is 9.44. The van der Waals surface area contributed by atoms with E-state index in [1.54, 1.807) is 0 Å². The van der Waals surface area contributed by atoms with Crippen molar-refractivity contribution < 1.29 is 4.79 Å². The van der Waals surface area contributed by atoms with E-state index < -0.39 is 0 Å². The summed E-state index contributed by atoms with van der Waals surface area (Å²) >= 11 is 0. The number of ketones is 1. The molecule has 0 aromatic carbocycles. The Kier molecular flexibility index (Phi) is 3.72. The molecule has 0 N–H and O–H groups in total. The molecular weight excluding hydrogens is 294 g/mol. The summed E-state index contributed by atoms with van der Waals surface area (Å²) in [5, 5.41) is 9.66. The van der Waals surface area contributed by atoms with Gasteiger partial charge in [-0.2, -0.15) is 5.26 Å². The van der Waals surface area contributed by atoms with Crippen molar-refractivity contribution in [2.45, 2.75) is 72.1 Å². The first kappa shape index (κ1) is 16.4. The molecule has 4 aliphatic carbocycles. The first-order chi connectivity index (χ1) is 11.4. The van der Waals surface area contributed by atoms with E-state index in [1.165, 1.54) is 31.3 Å². The van der Waals surface area contributed by atoms with Gasteiger partial charge in [0.05, 0.1) is 12.0 Å². The van der Waals surface area contributed by atoms with Crippen LogP contribution in [0.5, 0.6) is 0 Å². The van der Waals surface area contributed by atoms with E-state index in [0.717, 1.165) is 43.4 Å². The van der Waals surface area contributed by atoms with E-state index in [4.69, 9.17) is 0 Å². The number of allylic oxidation sites excluding steroid dienone is 1. The number of nitrogens with zero attached hydrogens (tertiary/aromatic N) is 1. The van der Waals surface area contributed by atoms with Gasteiger partial charge in [-0.25, -0.2) is 0 Å². The zero-order valence-corrected chi connectivity index (χ0v) is 15.5. The molecule has 0 radical (unpaired) electrons. The maximum Gasteiger partial charge on any atom is 0.155 e. The Morgan fingerprint density at radius 3 is 2.71 bits per heavy atom. The molecule has 24 heavy (non-hydrogen) atoms. The summed E-state index contributed by atoms with van der Waals surface area (Å²) < 4.78 is 0. The van der Waals surface area contributed by atoms with Gasteiger partial charge in [0.1, 0.15) is 0 Å². The molecule has 130 valence electrons. The Labute approximate surface area is 146 Å². The van der Waals surface area contributed by atoms with Crippen LogP contribution < -0.4 is 0 Å². The van der Waals surface area contributed by atoms with Gasteiger partial charge in [0, 0.05) is 6.42 Å². The van der Waals surface area contributed by atoms with Gasteiger partial charge in [-0.3, -0.25) is 4.79 Å². The lowest BCUT2D eigenvalue weighted by Crippen LogP contribution is -2.53. The normalized spacial score (nSPS) is 50.3. The fraction of sp³-hybridized carbons (Fsp3) is 0.818. The molecule has 0 heterocycles. The monoisotopic (exact) mass is 325 g/mol. The van der Waals surface area contributed by atoms with Gasteiger partial charge in [0.25, 0.3) is 0 Å². The number of nitriles is 1. The average molecular weight is 325 g/mol. The highest BCUT2D eigenvalue weighted by Gasteiger charge is 2.61. The second-order valence-corrected chi connectivity index (χ2v) is 9.52. The van der Waals surface area contributed by atoms with Crippen LogP contribution in [0.4, 0.5) is 0 Å². The van der Waals surface area contributed by atoms with Crippen LogP contribution >= 0.6 is 0 Å². The van der Waals surface area contributed by atoms with E-state index in [9.17, 15) is 10.1 Å². The lowest BCUT2D eigenvalue weighted by Gasteiger charge is -2.60. The predicted octanol–water partition coefficient (Wildman–Crippen LogP) is 5.29. The minimum Gasteiger partial charge on any atom is -0.295 e. The Bertz CT molecular complexity index is 628. The molecule has 3 fully saturated rings. The zero-order chi connectivity index (χ0) is 17.1. The van der Waals surface area contributed by atoms with E-state index in [-0.39, 0.29) is 16.7 Å². The van der Waals surface area contributed by atoms with Crippen molar-refractivity contribution in [1.29, 1.82) is 5.26 Å². The van der Waals surface area contributed by atoms with Gasteiger partial charge < -0.3 is 0 Å². The van der Waals surface area contributed by atoms with Gasteiger partial charge in [0.15, 0.2) is 5.78 Å². The first-order valence-corrected chi connectivity index (χ1v) is 10.1. The summed E-state index contributed by atoms with van der Waals surface area (Å²) in [5.74, 6) is 3.54. The van der Waals surface area contributed by atoms with Crippen LogP contribution in [0, 0.1) is 51.8 Å². The Morgan fingerprint density at radius 1 is 1.21 bits per heavy atom. The zero-order valence-electron chi connectivity index (χ0n) is 15.5. The molecular formula is C22H31NO. The third kappa shape index (κ3) is 2.03. The minimum absolute atomic E-state index is 0.241. The number of rotatable bonds is 1. The van der Waals surface area contributed by atoms with Crippen LogP contribution in [-0.2, 0) is 4.79 Å². The number of carbonyl (C=O) groups is 1. The molecule has 4 rings (SSSR count). The second kappa shape index (κ2) is 5.45. The SMILES string of the molecule is CCC1CC2=CC(=O)CCC2(C)C2CCC3(C)C(C#N)CCC3C12. The molecule has 0 spiro atoms. The third-order valence-corrected chi connectivity index (χ3v) is 8.82. The van der Waals surface area contributed by atoms with Crippen LogP contribution in [0.1, 0.15) is 72.1 Å². The molecule has 0 aromatic heterocycles. The molecule has 4 aliphatic rings. The quantitative estimate of drug-likeness (QED) is 0.657. The summed E-state index contributed by atoms with van der Waals surface area (Å²) in [6, 6.07) is 2.65. The summed E-state index contributed by atoms with van der Waals surface area (Å²) in [7, 11) is 0. The molecule has 0 aromatic rings. The van der Waals surface area contributed by atoms with Gasteiger partial charge in [0.2, 0.25) is 0 Å². The van der Waals surface area contributed by atoms with Crippen LogP contribution in [0.15, 0.2) is 11.6 Å². The van der Waals surface area contributed by atoms with Crippen molar-refractivity contribution in [3.8, 4) is 6.07 Å². The molecule has 0 amide bonds. The van der Waals surface area contributed by atoms with Crippen LogP contribution in [0.25, 0.3) is 0 Å². The van der Waals surface area contributed by atoms with E-state index >= 15 is 0 Å². The maximum atomic E-state index is 12.0. The molecule has 2 heteroatoms. The van der Waals surface area contributed by atoms with E-state index in [1.807, 2.05) is 6.08 Å². The number of hydrogen-bond acceptors (Lipinski definition) is 2. The Hall–Kier alpha value is -1.10. The molecule has 0 bridgehead atoms. The highest BCUT2D eigenvalue weighted by atomic mass is 16.1. The highest BCUT2D eigenvalue weighted by Crippen LogP contribution is 2.68. The van der Waals surface area contributed by atoms with Crippen molar-refractivity contribution in [3.05, 3.63) is 11.6 Å². The predicted molar refractivity (Wildman–Crippen MR) is 95.0 cm³/mol. The molecule has 0 saturated heterocycles. The minimum atomic E-state index is 0.241. The Morgan fingerprint density at radius 2 is 2.00 bits per heavy atom. The van der Waals surface area contributed by atoms with Gasteiger partial charge in [-0.05, 0) is 79.1 Å². The topological polar surface area (TPSA) is 40.9 Å². The number of hydrogen-bond donors (Lipinski definition) is 0. The van der Waals surface area contributed by atoms with Crippen LogP contribution in [-0.4, -0.2) is 5.78 Å². The van der Waals surface area contributed by atoms with Crippen molar-refractivity contribution in [1.82, 2.24) is 0 Å². The standard InChI is InChI=1S/C22H31NO/c1-4-14-11-16-12-17(24)7-9-22(16,3)19-8-10-21(2)15(13-23)5-6-18(21)20(14)19/h12,14-15,18-20H,4-11H2,1-3H3. The number of fused-ring (bicyclic) bond motifs is 5. The van der Waals surface area contributed by atoms with Gasteiger partial charge in [-0.1, -0.05) is 32.8 Å². The van der Waals surface area contributed by atoms with Gasteiger partial charge >= 0.3 is 0 Å². The van der Waals surface area contributed by atoms with Gasteiger partial charge in [-0.15, -0.1) is 0 Å². The van der Waals surface area contributed by atoms with Crippen LogP contribution in [0.2, 0.25) is 0 Å². The smallest absolute Gasteiger partial charge is 0.155 e. The summed E-state index contributed by atoms with van der Waals surface area (Å²) in [6.45, 7) is 7.20. The van der Waals surface area contributed by atoms with E-state index in [2.05, 4.69) is 26.8 Å². The fourth-order valence-electron chi connectivity index (χ4n) is 7.33. The highest BCUT2D eigenvalue weighted by molar-refractivity contribution is 5.91. The van der Waals surface area contributed by atoms with Crippen molar-refractivity contribution >= 4 is 5.78 Å². The second-order valence-electron chi connectivity index (χ2n) is 9.52. The summed E-state index contributed by atoms with van der Waals surface area (Å²) in [5.41, 5.74) is 1.95. The maximum absolute atomic E-state index is 12.0. The molecule has 0 aliphatic heterocycles. The van der Waals surface area contributed by atoms with E-state index in [0.29, 0.717) is 11.7 Å². The molecule has 7 atom stereocenters. The number of carbonyl (C=O) groups excluding carboxylic acids is 1. The largest absolute Gasteiger partial charge is 0.295 e. The fourth-order valence-corrected chi connectivity index (χ4v) is 7.33. The van der Waals surface area contributed by atoms with Crippen molar-refractivity contribution in [3.63, 3.8) is 0 Å². The lowest BCUT2D eigenvalue weighted by molar-refractivity contribution is -0.118. The first-order valence-electron chi connectivity index (χ1n) is 10.1. The third-order valence-electron chi connectivity index (χ3n) is 8.82.